The monoisotopic (exact) mass is 852 g/mol. The Morgan fingerprint density at radius 3 is 2.19 bits per heavy atom. The summed E-state index contributed by atoms with van der Waals surface area (Å²) in [6.07, 6.45) is 3.72. The van der Waals surface area contributed by atoms with Crippen LogP contribution >= 0.6 is 11.3 Å². The molecule has 4 atom stereocenters. The van der Waals surface area contributed by atoms with E-state index in [0.29, 0.717) is 24.5 Å². The highest BCUT2D eigenvalue weighted by Gasteiger charge is 2.39. The maximum Gasteiger partial charge on any atom is 0.407 e. The van der Waals surface area contributed by atoms with Gasteiger partial charge in [0.15, 0.2) is 0 Å². The number of aromatic nitrogens is 4. The minimum atomic E-state index is -0.884. The number of fused-ring (bicyclic) bond motifs is 4. The van der Waals surface area contributed by atoms with Crippen LogP contribution in [0.25, 0.3) is 53.6 Å². The van der Waals surface area contributed by atoms with Gasteiger partial charge >= 0.3 is 12.2 Å². The number of H-pyrrole nitrogens is 2. The molecule has 2 fully saturated rings. The van der Waals surface area contributed by atoms with Crippen molar-refractivity contribution in [2.45, 2.75) is 63.7 Å². The summed E-state index contributed by atoms with van der Waals surface area (Å²) in [6, 6.07) is 26.3. The van der Waals surface area contributed by atoms with Gasteiger partial charge in [-0.25, -0.2) is 19.6 Å². The smallest absolute Gasteiger partial charge is 0.407 e. The van der Waals surface area contributed by atoms with Gasteiger partial charge in [0.05, 0.1) is 49.2 Å². The molecule has 0 saturated carbocycles. The molecule has 15 heteroatoms. The third-order valence-electron chi connectivity index (χ3n) is 12.1. The van der Waals surface area contributed by atoms with Crippen molar-refractivity contribution in [2.24, 2.45) is 5.92 Å². The van der Waals surface area contributed by atoms with Crippen LogP contribution in [0.5, 0.6) is 0 Å². The molecule has 318 valence electrons. The topological polar surface area (TPSA) is 175 Å². The van der Waals surface area contributed by atoms with E-state index in [9.17, 15) is 19.2 Å². The number of alkyl carbamates (subject to hydrolysis) is 2. The van der Waals surface area contributed by atoms with E-state index < -0.39 is 24.3 Å². The molecule has 7 aromatic rings. The lowest BCUT2D eigenvalue weighted by molar-refractivity contribution is -0.135. The molecular formula is C47H48N8O6S. The number of carbonyl (C=O) groups excluding carboxylic acids is 4. The molecule has 4 amide bonds. The van der Waals surface area contributed by atoms with Gasteiger partial charge in [0.25, 0.3) is 5.91 Å². The Balaban J connectivity index is 0.935. The molecule has 2 aliphatic rings. The number of thiophene rings is 1. The van der Waals surface area contributed by atoms with Gasteiger partial charge in [-0.2, -0.15) is 0 Å². The number of methoxy groups -OCH3 is 2. The van der Waals surface area contributed by atoms with Crippen LogP contribution in [-0.2, 0) is 19.1 Å². The zero-order valence-corrected chi connectivity index (χ0v) is 35.8. The van der Waals surface area contributed by atoms with Crippen molar-refractivity contribution in [2.75, 3.05) is 27.3 Å². The van der Waals surface area contributed by atoms with Crippen molar-refractivity contribution in [3.8, 4) is 21.7 Å². The second kappa shape index (κ2) is 17.0. The first-order valence-electron chi connectivity index (χ1n) is 21.0. The van der Waals surface area contributed by atoms with E-state index in [1.165, 1.54) is 14.2 Å². The van der Waals surface area contributed by atoms with Gasteiger partial charge in [-0.15, -0.1) is 11.3 Å². The minimum absolute atomic E-state index is 0.114. The number of ether oxygens (including phenoxy) is 2. The highest BCUT2D eigenvalue weighted by atomic mass is 32.1. The Kier molecular flexibility index (Phi) is 11.1. The van der Waals surface area contributed by atoms with Gasteiger partial charge in [0, 0.05) is 33.6 Å². The quantitative estimate of drug-likeness (QED) is 0.106. The molecule has 0 unspecified atom stereocenters. The van der Waals surface area contributed by atoms with E-state index in [4.69, 9.17) is 19.4 Å². The summed E-state index contributed by atoms with van der Waals surface area (Å²) in [5.74, 6) is 0.989. The van der Waals surface area contributed by atoms with Gasteiger partial charge in [-0.05, 0) is 77.8 Å². The van der Waals surface area contributed by atoms with Crippen molar-refractivity contribution < 1.29 is 28.7 Å². The average Bonchev–Trinajstić information content (AvgIpc) is 4.15. The number of rotatable bonds is 10. The number of hydrogen-bond acceptors (Lipinski definition) is 9. The lowest BCUT2D eigenvalue weighted by atomic mass is 10.0. The zero-order chi connectivity index (χ0) is 43.1. The number of imidazole rings is 2. The SMILES string of the molecule is COC(=O)N[C@H](C(=O)N1CCC[C@H]1c1nc2ccc3cc(-c4cc5ccc(-c6cnc([C@@H]7CCCN7C(=O)[C@H](NC(=O)OC)c7ccccc7)[nH]6)cc5s4)ccc3c2[nH]1)C(C)C. The third kappa shape index (κ3) is 7.72. The molecule has 3 aromatic heterocycles. The van der Waals surface area contributed by atoms with Crippen LogP contribution in [0.2, 0.25) is 0 Å². The molecular weight excluding hydrogens is 805 g/mol. The molecule has 62 heavy (non-hydrogen) atoms. The first-order chi connectivity index (χ1) is 30.1. The van der Waals surface area contributed by atoms with Gasteiger partial charge in [0.2, 0.25) is 5.91 Å². The molecule has 0 bridgehead atoms. The minimum Gasteiger partial charge on any atom is -0.453 e. The Bertz CT molecular complexity index is 2810. The van der Waals surface area contributed by atoms with Crippen molar-refractivity contribution in [1.29, 1.82) is 0 Å². The predicted octanol–water partition coefficient (Wildman–Crippen LogP) is 8.79. The van der Waals surface area contributed by atoms with Crippen LogP contribution in [0.1, 0.15) is 74.9 Å². The van der Waals surface area contributed by atoms with E-state index in [1.807, 2.05) is 61.3 Å². The fraction of sp³-hybridized carbons (Fsp3) is 0.319. The Morgan fingerprint density at radius 2 is 1.45 bits per heavy atom. The lowest BCUT2D eigenvalue weighted by Gasteiger charge is -2.29. The van der Waals surface area contributed by atoms with Crippen LogP contribution in [0, 0.1) is 5.92 Å². The van der Waals surface area contributed by atoms with Crippen LogP contribution < -0.4 is 10.6 Å². The number of likely N-dealkylation sites (tertiary alicyclic amines) is 2. The molecule has 0 aliphatic carbocycles. The predicted molar refractivity (Wildman–Crippen MR) is 238 cm³/mol. The summed E-state index contributed by atoms with van der Waals surface area (Å²) in [4.78, 5) is 73.6. The number of hydrogen-bond donors (Lipinski definition) is 4. The van der Waals surface area contributed by atoms with Crippen LogP contribution in [0.4, 0.5) is 9.59 Å². The fourth-order valence-electron chi connectivity index (χ4n) is 8.92. The molecule has 5 heterocycles. The highest BCUT2D eigenvalue weighted by molar-refractivity contribution is 7.22. The van der Waals surface area contributed by atoms with Crippen LogP contribution in [-0.4, -0.2) is 87.1 Å². The molecule has 2 aliphatic heterocycles. The second-order valence-electron chi connectivity index (χ2n) is 16.3. The summed E-state index contributed by atoms with van der Waals surface area (Å²) in [5, 5.41) is 8.70. The maximum absolute atomic E-state index is 14.0. The maximum atomic E-state index is 14.0. The Labute approximate surface area is 362 Å². The van der Waals surface area contributed by atoms with Crippen molar-refractivity contribution in [3.63, 3.8) is 0 Å². The molecule has 9 rings (SSSR count). The molecule has 4 aromatic carbocycles. The van der Waals surface area contributed by atoms with E-state index in [0.717, 1.165) is 85.1 Å². The third-order valence-corrected chi connectivity index (χ3v) is 13.3. The summed E-state index contributed by atoms with van der Waals surface area (Å²) in [5.41, 5.74) is 5.40. The van der Waals surface area contributed by atoms with Crippen molar-refractivity contribution in [1.82, 2.24) is 40.4 Å². The number of carbonyl (C=O) groups is 4. The van der Waals surface area contributed by atoms with E-state index in [-0.39, 0.29) is 29.8 Å². The molecule has 4 N–H and O–H groups in total. The summed E-state index contributed by atoms with van der Waals surface area (Å²) in [6.45, 7) is 4.96. The second-order valence-corrected chi connectivity index (χ2v) is 17.4. The van der Waals surface area contributed by atoms with Gasteiger partial charge in [0.1, 0.15) is 23.7 Å². The number of nitrogens with one attached hydrogen (secondary N) is 4. The normalized spacial score (nSPS) is 17.5. The van der Waals surface area contributed by atoms with Crippen LogP contribution in [0.15, 0.2) is 91.1 Å². The molecule has 2 saturated heterocycles. The lowest BCUT2D eigenvalue weighted by Crippen LogP contribution is -2.51. The van der Waals surface area contributed by atoms with Crippen LogP contribution in [0.3, 0.4) is 0 Å². The molecule has 0 radical (unpaired) electrons. The van der Waals surface area contributed by atoms with Gasteiger partial charge in [-0.1, -0.05) is 74.5 Å². The number of aromatic amines is 2. The standard InChI is InChI=1S/C47H48N8O6S/c1-26(2)39(52-46(58)60-3)44(56)55-21-9-13-36(55)43-49-33-19-17-28-22-30(16-18-32(28)41(33)51-43)38-24-31-15-14-29(23-37(31)62-38)34-25-48-42(50-34)35-12-8-20-54(35)45(57)40(53-47(59)61-4)27-10-6-5-7-11-27/h5-7,10-11,14-19,22-26,35-36,39-40H,8-9,12-13,20-21H2,1-4H3,(H,48,50)(H,49,51)(H,52,58)(H,53,59)/t35-,36-,39-,40+/m0/s1. The Hall–Kier alpha value is -6.74. The van der Waals surface area contributed by atoms with E-state index in [2.05, 4.69) is 69.1 Å². The van der Waals surface area contributed by atoms with Crippen molar-refractivity contribution >= 4 is 67.2 Å². The van der Waals surface area contributed by atoms with Gasteiger partial charge in [-0.3, -0.25) is 9.59 Å². The van der Waals surface area contributed by atoms with E-state index >= 15 is 0 Å². The molecule has 14 nitrogen and oxygen atoms in total. The fourth-order valence-corrected chi connectivity index (χ4v) is 10.0. The van der Waals surface area contributed by atoms with Gasteiger partial charge < -0.3 is 39.9 Å². The zero-order valence-electron chi connectivity index (χ0n) is 34.9. The Morgan fingerprint density at radius 1 is 0.758 bits per heavy atom. The highest BCUT2D eigenvalue weighted by Crippen LogP contribution is 2.40. The number of nitrogens with zero attached hydrogens (tertiary/aromatic N) is 4. The number of amides is 4. The first kappa shape index (κ1) is 40.7. The largest absolute Gasteiger partial charge is 0.453 e. The first-order valence-corrected chi connectivity index (χ1v) is 21.8. The number of benzene rings is 4. The molecule has 0 spiro atoms. The van der Waals surface area contributed by atoms with E-state index in [1.54, 1.807) is 16.2 Å². The summed E-state index contributed by atoms with van der Waals surface area (Å²) in [7, 11) is 2.58. The van der Waals surface area contributed by atoms with Crippen molar-refractivity contribution in [3.05, 3.63) is 108 Å². The summed E-state index contributed by atoms with van der Waals surface area (Å²) >= 11 is 1.72. The average molecular weight is 853 g/mol. The summed E-state index contributed by atoms with van der Waals surface area (Å²) < 4.78 is 10.8.